The zero-order valence-electron chi connectivity index (χ0n) is 15.5. The molecule has 27 heavy (non-hydrogen) atoms. The van der Waals surface area contributed by atoms with Gasteiger partial charge in [0.15, 0.2) is 0 Å². The fraction of sp³-hybridized carbons (Fsp3) is 0.286. The molecular formula is C21H22ClN3O2. The van der Waals surface area contributed by atoms with Gasteiger partial charge in [0.2, 0.25) is 0 Å². The van der Waals surface area contributed by atoms with Crippen molar-refractivity contribution in [1.82, 2.24) is 9.78 Å². The molecule has 5 nitrogen and oxygen atoms in total. The highest BCUT2D eigenvalue weighted by Gasteiger charge is 2.25. The molecule has 0 amide bonds. The van der Waals surface area contributed by atoms with Gasteiger partial charge in [-0.2, -0.15) is 5.10 Å². The molecule has 1 aliphatic heterocycles. The van der Waals surface area contributed by atoms with E-state index in [2.05, 4.69) is 5.32 Å². The Bertz CT molecular complexity index is 929. The molecule has 1 aliphatic rings. The summed E-state index contributed by atoms with van der Waals surface area (Å²) in [6, 6.07) is 13.5. The predicted octanol–water partition coefficient (Wildman–Crippen LogP) is 4.96. The molecule has 0 saturated heterocycles. The van der Waals surface area contributed by atoms with Crippen molar-refractivity contribution in [3.8, 4) is 28.4 Å². The Kier molecular flexibility index (Phi) is 4.94. The molecule has 0 spiro atoms. The number of halogens is 1. The van der Waals surface area contributed by atoms with Crippen LogP contribution in [0.15, 0.2) is 42.5 Å². The number of hydrogen-bond donors (Lipinski definition) is 1. The Morgan fingerprint density at radius 1 is 1.00 bits per heavy atom. The van der Waals surface area contributed by atoms with Crippen LogP contribution in [0.1, 0.15) is 18.4 Å². The summed E-state index contributed by atoms with van der Waals surface area (Å²) in [6.45, 7) is 0.925. The lowest BCUT2D eigenvalue weighted by Gasteiger charge is -2.12. The first-order chi connectivity index (χ1) is 13.2. The number of benzene rings is 2. The highest BCUT2D eigenvalue weighted by molar-refractivity contribution is 6.30. The first kappa shape index (κ1) is 17.7. The standard InChI is InChI=1S/C21H22ClN3O2/c1-26-17-7-5-8-18(27-2)19(17)20-16-6-3-4-13-23-21(16)25(24-20)15-11-9-14(22)10-12-15/h5,7-12,23H,3-4,6,13H2,1-2H3. The van der Waals surface area contributed by atoms with Crippen molar-refractivity contribution in [2.24, 2.45) is 0 Å². The molecular weight excluding hydrogens is 362 g/mol. The second-order valence-electron chi connectivity index (χ2n) is 6.49. The fourth-order valence-corrected chi connectivity index (χ4v) is 3.68. The van der Waals surface area contributed by atoms with Gasteiger partial charge < -0.3 is 14.8 Å². The predicted molar refractivity (Wildman–Crippen MR) is 109 cm³/mol. The van der Waals surface area contributed by atoms with Gasteiger partial charge in [-0.15, -0.1) is 0 Å². The van der Waals surface area contributed by atoms with Crippen molar-refractivity contribution in [3.05, 3.63) is 53.1 Å². The van der Waals surface area contributed by atoms with Crippen molar-refractivity contribution in [2.45, 2.75) is 19.3 Å². The van der Waals surface area contributed by atoms with E-state index in [1.165, 1.54) is 5.56 Å². The summed E-state index contributed by atoms with van der Waals surface area (Å²) >= 11 is 6.07. The second-order valence-corrected chi connectivity index (χ2v) is 6.92. The summed E-state index contributed by atoms with van der Waals surface area (Å²) in [4.78, 5) is 0. The third-order valence-corrected chi connectivity index (χ3v) is 5.12. The van der Waals surface area contributed by atoms with Crippen LogP contribution in [0, 0.1) is 0 Å². The van der Waals surface area contributed by atoms with E-state index >= 15 is 0 Å². The van der Waals surface area contributed by atoms with Crippen LogP contribution in [-0.2, 0) is 6.42 Å². The van der Waals surface area contributed by atoms with Gasteiger partial charge in [-0.05, 0) is 55.7 Å². The fourth-order valence-electron chi connectivity index (χ4n) is 3.56. The summed E-state index contributed by atoms with van der Waals surface area (Å²) < 4.78 is 13.2. The van der Waals surface area contributed by atoms with Gasteiger partial charge in [0, 0.05) is 17.1 Å². The normalized spacial score (nSPS) is 13.4. The number of hydrogen-bond acceptors (Lipinski definition) is 4. The minimum Gasteiger partial charge on any atom is -0.496 e. The van der Waals surface area contributed by atoms with E-state index in [-0.39, 0.29) is 0 Å². The van der Waals surface area contributed by atoms with Gasteiger partial charge in [0.05, 0.1) is 25.5 Å². The van der Waals surface area contributed by atoms with Gasteiger partial charge in [-0.3, -0.25) is 0 Å². The lowest BCUT2D eigenvalue weighted by atomic mass is 10.0. The molecule has 3 aromatic rings. The molecule has 2 aromatic carbocycles. The van der Waals surface area contributed by atoms with E-state index < -0.39 is 0 Å². The molecule has 0 fully saturated rings. The molecule has 4 rings (SSSR count). The third-order valence-electron chi connectivity index (χ3n) is 4.87. The van der Waals surface area contributed by atoms with Crippen LogP contribution in [0.25, 0.3) is 16.9 Å². The Morgan fingerprint density at radius 2 is 1.70 bits per heavy atom. The molecule has 0 bridgehead atoms. The van der Waals surface area contributed by atoms with E-state index in [1.807, 2.05) is 47.1 Å². The Balaban J connectivity index is 1.96. The van der Waals surface area contributed by atoms with Crippen LogP contribution in [0.5, 0.6) is 11.5 Å². The monoisotopic (exact) mass is 383 g/mol. The van der Waals surface area contributed by atoms with Crippen molar-refractivity contribution in [1.29, 1.82) is 0 Å². The molecule has 2 heterocycles. The van der Waals surface area contributed by atoms with Gasteiger partial charge in [-0.25, -0.2) is 4.68 Å². The van der Waals surface area contributed by atoms with Crippen LogP contribution in [0.4, 0.5) is 5.82 Å². The van der Waals surface area contributed by atoms with Crippen LogP contribution < -0.4 is 14.8 Å². The number of nitrogens with zero attached hydrogens (tertiary/aromatic N) is 2. The minimum absolute atomic E-state index is 0.705. The van der Waals surface area contributed by atoms with E-state index in [4.69, 9.17) is 26.2 Å². The quantitative estimate of drug-likeness (QED) is 0.691. The maximum absolute atomic E-state index is 6.07. The third kappa shape index (κ3) is 3.23. The smallest absolute Gasteiger partial charge is 0.133 e. The first-order valence-electron chi connectivity index (χ1n) is 9.06. The first-order valence-corrected chi connectivity index (χ1v) is 9.44. The van der Waals surface area contributed by atoms with Crippen LogP contribution in [0.2, 0.25) is 5.02 Å². The zero-order chi connectivity index (χ0) is 18.8. The number of nitrogens with one attached hydrogen (secondary N) is 1. The summed E-state index contributed by atoms with van der Waals surface area (Å²) in [6.07, 6.45) is 3.18. The molecule has 1 aromatic heterocycles. The van der Waals surface area contributed by atoms with Crippen molar-refractivity contribution in [2.75, 3.05) is 26.1 Å². The Hall–Kier alpha value is -2.66. The molecule has 140 valence electrons. The average Bonchev–Trinajstić information content (AvgIpc) is 2.88. The molecule has 6 heteroatoms. The van der Waals surface area contributed by atoms with Crippen LogP contribution >= 0.6 is 11.6 Å². The number of rotatable bonds is 4. The summed E-state index contributed by atoms with van der Waals surface area (Å²) in [5, 5.41) is 9.23. The lowest BCUT2D eigenvalue weighted by molar-refractivity contribution is 0.397. The highest BCUT2D eigenvalue weighted by atomic mass is 35.5. The van der Waals surface area contributed by atoms with Gasteiger partial charge >= 0.3 is 0 Å². The lowest BCUT2D eigenvalue weighted by Crippen LogP contribution is -2.07. The van der Waals surface area contributed by atoms with Crippen LogP contribution in [0.3, 0.4) is 0 Å². The average molecular weight is 384 g/mol. The molecule has 0 atom stereocenters. The minimum atomic E-state index is 0.705. The number of aromatic nitrogens is 2. The van der Waals surface area contributed by atoms with E-state index in [1.54, 1.807) is 14.2 Å². The van der Waals surface area contributed by atoms with E-state index in [9.17, 15) is 0 Å². The maximum Gasteiger partial charge on any atom is 0.133 e. The zero-order valence-corrected chi connectivity index (χ0v) is 16.2. The second kappa shape index (κ2) is 7.53. The Labute approximate surface area is 163 Å². The largest absolute Gasteiger partial charge is 0.496 e. The molecule has 0 radical (unpaired) electrons. The summed E-state index contributed by atoms with van der Waals surface area (Å²) in [5.74, 6) is 2.53. The number of methoxy groups -OCH3 is 2. The molecule has 1 N–H and O–H groups in total. The molecule has 0 unspecified atom stereocenters. The van der Waals surface area contributed by atoms with E-state index in [0.717, 1.165) is 60.1 Å². The topological polar surface area (TPSA) is 48.3 Å². The number of ether oxygens (including phenoxy) is 2. The summed E-state index contributed by atoms with van der Waals surface area (Å²) in [5.41, 5.74) is 3.93. The maximum atomic E-state index is 6.07. The van der Waals surface area contributed by atoms with Gasteiger partial charge in [0.1, 0.15) is 23.0 Å². The molecule has 0 aliphatic carbocycles. The van der Waals surface area contributed by atoms with Crippen molar-refractivity contribution in [3.63, 3.8) is 0 Å². The SMILES string of the molecule is COc1cccc(OC)c1-c1nn(-c2ccc(Cl)cc2)c2c1CCCCN2. The van der Waals surface area contributed by atoms with E-state index in [0.29, 0.717) is 5.02 Å². The Morgan fingerprint density at radius 3 is 2.37 bits per heavy atom. The molecule has 0 saturated carbocycles. The summed E-state index contributed by atoms with van der Waals surface area (Å²) in [7, 11) is 3.34. The van der Waals surface area contributed by atoms with Crippen molar-refractivity contribution >= 4 is 17.4 Å². The van der Waals surface area contributed by atoms with Crippen LogP contribution in [-0.4, -0.2) is 30.5 Å². The van der Waals surface area contributed by atoms with Gasteiger partial charge in [0.25, 0.3) is 0 Å². The number of fused-ring (bicyclic) bond motifs is 1. The van der Waals surface area contributed by atoms with Crippen molar-refractivity contribution < 1.29 is 9.47 Å². The highest BCUT2D eigenvalue weighted by Crippen LogP contribution is 2.42. The van der Waals surface area contributed by atoms with Gasteiger partial charge in [-0.1, -0.05) is 17.7 Å². The number of anilines is 1.